The van der Waals surface area contributed by atoms with Gasteiger partial charge in [-0.05, 0) is 32.9 Å². The smallest absolute Gasteiger partial charge is 0.191 e. The molecule has 0 aliphatic heterocycles. The van der Waals surface area contributed by atoms with E-state index in [1.807, 2.05) is 12.1 Å². The highest BCUT2D eigenvalue weighted by molar-refractivity contribution is 14.0. The summed E-state index contributed by atoms with van der Waals surface area (Å²) in [7, 11) is 1.75. The van der Waals surface area contributed by atoms with Gasteiger partial charge in [0.25, 0.3) is 0 Å². The van der Waals surface area contributed by atoms with Crippen LogP contribution in [0.1, 0.15) is 20.8 Å². The minimum Gasteiger partial charge on any atom is -0.490 e. The first-order valence-electron chi connectivity index (χ1n) is 6.03. The van der Waals surface area contributed by atoms with Crippen LogP contribution in [0.25, 0.3) is 0 Å². The van der Waals surface area contributed by atoms with Gasteiger partial charge in [-0.25, -0.2) is 0 Å². The summed E-state index contributed by atoms with van der Waals surface area (Å²) in [6, 6.07) is 3.73. The van der Waals surface area contributed by atoms with Crippen LogP contribution in [-0.2, 0) is 0 Å². The average molecular weight is 378 g/mol. The molecule has 0 aliphatic carbocycles. The lowest BCUT2D eigenvalue weighted by Gasteiger charge is -2.23. The fraction of sp³-hybridized carbons (Fsp3) is 0.538. The monoisotopic (exact) mass is 378 g/mol. The molecule has 0 amide bonds. The Morgan fingerprint density at radius 1 is 1.42 bits per heavy atom. The summed E-state index contributed by atoms with van der Waals surface area (Å²) in [6.07, 6.45) is 3.42. The van der Waals surface area contributed by atoms with Crippen LogP contribution >= 0.6 is 24.0 Å². The molecule has 19 heavy (non-hydrogen) atoms. The number of nitrogens with zero attached hydrogens (tertiary/aromatic N) is 2. The Kier molecular flexibility index (Phi) is 8.46. The van der Waals surface area contributed by atoms with Gasteiger partial charge in [0.05, 0.1) is 12.7 Å². The minimum atomic E-state index is -0.00789. The largest absolute Gasteiger partial charge is 0.490 e. The van der Waals surface area contributed by atoms with Gasteiger partial charge in [-0.15, -0.1) is 24.0 Å². The second-order valence-corrected chi connectivity index (χ2v) is 4.91. The lowest BCUT2D eigenvalue weighted by molar-refractivity contribution is 0.320. The van der Waals surface area contributed by atoms with E-state index < -0.39 is 0 Å². The summed E-state index contributed by atoms with van der Waals surface area (Å²) in [5, 5.41) is 6.47. The molecule has 108 valence electrons. The van der Waals surface area contributed by atoms with Crippen LogP contribution in [0.5, 0.6) is 5.75 Å². The van der Waals surface area contributed by atoms with E-state index >= 15 is 0 Å². The van der Waals surface area contributed by atoms with Gasteiger partial charge in [-0.1, -0.05) is 0 Å². The van der Waals surface area contributed by atoms with E-state index in [2.05, 4.69) is 41.4 Å². The van der Waals surface area contributed by atoms with Crippen LogP contribution in [-0.4, -0.2) is 36.7 Å². The molecule has 0 aromatic carbocycles. The van der Waals surface area contributed by atoms with E-state index in [0.29, 0.717) is 13.2 Å². The third-order valence-electron chi connectivity index (χ3n) is 2.01. The molecule has 0 atom stereocenters. The van der Waals surface area contributed by atoms with Gasteiger partial charge in [0, 0.05) is 18.8 Å². The van der Waals surface area contributed by atoms with Crippen molar-refractivity contribution in [2.75, 3.05) is 20.2 Å². The van der Waals surface area contributed by atoms with Crippen molar-refractivity contribution in [3.63, 3.8) is 0 Å². The number of aliphatic imine (C=N–C) groups is 1. The Morgan fingerprint density at radius 2 is 2.16 bits per heavy atom. The van der Waals surface area contributed by atoms with Gasteiger partial charge in [-0.2, -0.15) is 0 Å². The van der Waals surface area contributed by atoms with Gasteiger partial charge >= 0.3 is 0 Å². The van der Waals surface area contributed by atoms with E-state index in [1.54, 1.807) is 19.4 Å². The van der Waals surface area contributed by atoms with Crippen molar-refractivity contribution in [3.8, 4) is 5.75 Å². The number of nitrogens with one attached hydrogen (secondary N) is 2. The predicted molar refractivity (Wildman–Crippen MR) is 89.4 cm³/mol. The van der Waals surface area contributed by atoms with E-state index in [4.69, 9.17) is 4.74 Å². The Bertz CT molecular complexity index is 376. The van der Waals surface area contributed by atoms with Gasteiger partial charge in [0.15, 0.2) is 5.96 Å². The number of ether oxygens (including phenoxy) is 1. The lowest BCUT2D eigenvalue weighted by atomic mass is 10.1. The lowest BCUT2D eigenvalue weighted by Crippen LogP contribution is -2.48. The Labute approximate surface area is 132 Å². The van der Waals surface area contributed by atoms with Crippen LogP contribution in [0.3, 0.4) is 0 Å². The summed E-state index contributed by atoms with van der Waals surface area (Å²) in [5.41, 5.74) is -0.00789. The molecular weight excluding hydrogens is 355 g/mol. The number of hydrogen-bond acceptors (Lipinski definition) is 3. The van der Waals surface area contributed by atoms with Gasteiger partial charge in [-0.3, -0.25) is 9.98 Å². The van der Waals surface area contributed by atoms with Crippen molar-refractivity contribution in [3.05, 3.63) is 24.5 Å². The first-order chi connectivity index (χ1) is 8.51. The Balaban J connectivity index is 0.00000324. The SMILES string of the molecule is CN=C(NCCOc1cccnc1)NC(C)(C)C.I. The van der Waals surface area contributed by atoms with Crippen molar-refractivity contribution < 1.29 is 4.74 Å². The molecule has 0 unspecified atom stereocenters. The van der Waals surface area contributed by atoms with Gasteiger partial charge < -0.3 is 15.4 Å². The molecule has 0 saturated carbocycles. The number of guanidine groups is 1. The molecule has 0 fully saturated rings. The maximum atomic E-state index is 5.52. The van der Waals surface area contributed by atoms with Crippen molar-refractivity contribution >= 4 is 29.9 Å². The molecule has 0 spiro atoms. The molecule has 0 bridgehead atoms. The fourth-order valence-electron chi connectivity index (χ4n) is 1.31. The zero-order chi connectivity index (χ0) is 13.4. The van der Waals surface area contributed by atoms with Gasteiger partial charge in [0.1, 0.15) is 12.4 Å². The molecule has 6 heteroatoms. The van der Waals surface area contributed by atoms with Crippen molar-refractivity contribution in [2.45, 2.75) is 26.3 Å². The van der Waals surface area contributed by atoms with E-state index in [9.17, 15) is 0 Å². The molecule has 1 heterocycles. The van der Waals surface area contributed by atoms with Crippen LogP contribution < -0.4 is 15.4 Å². The summed E-state index contributed by atoms with van der Waals surface area (Å²) >= 11 is 0. The van der Waals surface area contributed by atoms with Crippen molar-refractivity contribution in [1.29, 1.82) is 0 Å². The Hall–Kier alpha value is -1.05. The molecular formula is C13H23IN4O. The zero-order valence-electron chi connectivity index (χ0n) is 11.9. The topological polar surface area (TPSA) is 58.5 Å². The summed E-state index contributed by atoms with van der Waals surface area (Å²) < 4.78 is 5.52. The van der Waals surface area contributed by atoms with E-state index in [1.165, 1.54) is 0 Å². The number of pyridine rings is 1. The van der Waals surface area contributed by atoms with Crippen LogP contribution in [0.15, 0.2) is 29.5 Å². The highest BCUT2D eigenvalue weighted by atomic mass is 127. The van der Waals surface area contributed by atoms with Crippen LogP contribution in [0.4, 0.5) is 0 Å². The first kappa shape index (κ1) is 17.9. The second kappa shape index (κ2) is 8.95. The average Bonchev–Trinajstić information content (AvgIpc) is 2.33. The third-order valence-corrected chi connectivity index (χ3v) is 2.01. The normalized spacial score (nSPS) is 11.5. The number of rotatable bonds is 4. The minimum absolute atomic E-state index is 0. The molecule has 1 aromatic rings. The maximum absolute atomic E-state index is 5.52. The summed E-state index contributed by atoms with van der Waals surface area (Å²) in [6.45, 7) is 7.52. The maximum Gasteiger partial charge on any atom is 0.191 e. The molecule has 0 aliphatic rings. The van der Waals surface area contributed by atoms with Crippen LogP contribution in [0.2, 0.25) is 0 Å². The zero-order valence-corrected chi connectivity index (χ0v) is 14.3. The quantitative estimate of drug-likeness (QED) is 0.365. The molecule has 5 nitrogen and oxygen atoms in total. The molecule has 1 rings (SSSR count). The number of hydrogen-bond donors (Lipinski definition) is 2. The van der Waals surface area contributed by atoms with Crippen LogP contribution in [0, 0.1) is 0 Å². The van der Waals surface area contributed by atoms with E-state index in [-0.39, 0.29) is 29.5 Å². The third kappa shape index (κ3) is 8.63. The summed E-state index contributed by atoms with van der Waals surface area (Å²) in [5.74, 6) is 1.55. The molecule has 0 radical (unpaired) electrons. The number of aromatic nitrogens is 1. The Morgan fingerprint density at radius 3 is 2.68 bits per heavy atom. The van der Waals surface area contributed by atoms with Crippen molar-refractivity contribution in [1.82, 2.24) is 15.6 Å². The fourth-order valence-corrected chi connectivity index (χ4v) is 1.31. The standard InChI is InChI=1S/C13H22N4O.HI/c1-13(2,3)17-12(14-4)16-8-9-18-11-6-5-7-15-10-11;/h5-7,10H,8-9H2,1-4H3,(H2,14,16,17);1H. The molecule has 1 aromatic heterocycles. The van der Waals surface area contributed by atoms with E-state index in [0.717, 1.165) is 11.7 Å². The first-order valence-corrected chi connectivity index (χ1v) is 6.03. The highest BCUT2D eigenvalue weighted by Crippen LogP contribution is 2.04. The predicted octanol–water partition coefficient (Wildman–Crippen LogP) is 2.04. The number of halogens is 1. The van der Waals surface area contributed by atoms with Gasteiger partial charge in [0.2, 0.25) is 0 Å². The van der Waals surface area contributed by atoms with Crippen molar-refractivity contribution in [2.24, 2.45) is 4.99 Å². The molecule has 2 N–H and O–H groups in total. The second-order valence-electron chi connectivity index (χ2n) is 4.91. The highest BCUT2D eigenvalue weighted by Gasteiger charge is 2.11. The molecule has 0 saturated heterocycles. The summed E-state index contributed by atoms with van der Waals surface area (Å²) in [4.78, 5) is 8.13.